The van der Waals surface area contributed by atoms with Gasteiger partial charge >= 0.3 is 0 Å². The number of benzene rings is 2. The van der Waals surface area contributed by atoms with E-state index in [0.717, 1.165) is 11.1 Å². The van der Waals surface area contributed by atoms with E-state index in [9.17, 15) is 9.59 Å². The third-order valence-electron chi connectivity index (χ3n) is 4.14. The van der Waals surface area contributed by atoms with Crippen LogP contribution in [0.4, 0.5) is 0 Å². The smallest absolute Gasteiger partial charge is 0.294 e. The zero-order valence-corrected chi connectivity index (χ0v) is 15.2. The monoisotopic (exact) mass is 366 g/mol. The van der Waals surface area contributed by atoms with Gasteiger partial charge in [-0.15, -0.1) is 0 Å². The summed E-state index contributed by atoms with van der Waals surface area (Å²) in [5.74, 6) is -1.21. The molecule has 26 heavy (non-hydrogen) atoms. The van der Waals surface area contributed by atoms with Crippen molar-refractivity contribution < 1.29 is 9.59 Å². The molecule has 0 aliphatic heterocycles. The van der Waals surface area contributed by atoms with Crippen molar-refractivity contribution in [2.45, 2.75) is 20.0 Å². The van der Waals surface area contributed by atoms with E-state index in [1.807, 2.05) is 49.4 Å². The molecule has 0 bridgehead atoms. The molecule has 0 unspecified atom stereocenters. The topological polar surface area (TPSA) is 51.1 Å². The van der Waals surface area contributed by atoms with Crippen molar-refractivity contribution in [1.29, 1.82) is 0 Å². The molecular weight excluding hydrogens is 348 g/mol. The number of carbonyl (C=O) groups excluding carboxylic acids is 2. The van der Waals surface area contributed by atoms with E-state index in [0.29, 0.717) is 17.3 Å². The number of aromatic nitrogens is 1. The summed E-state index contributed by atoms with van der Waals surface area (Å²) in [6.45, 7) is 2.77. The van der Waals surface area contributed by atoms with E-state index in [-0.39, 0.29) is 6.54 Å². The Kier molecular flexibility index (Phi) is 5.54. The van der Waals surface area contributed by atoms with Crippen LogP contribution in [-0.2, 0) is 17.9 Å². The van der Waals surface area contributed by atoms with Crippen LogP contribution in [0.15, 0.2) is 66.9 Å². The lowest BCUT2D eigenvalue weighted by Crippen LogP contribution is -2.32. The van der Waals surface area contributed by atoms with Crippen molar-refractivity contribution in [3.63, 3.8) is 0 Å². The van der Waals surface area contributed by atoms with E-state index in [2.05, 4.69) is 5.32 Å². The Hall–Kier alpha value is -2.85. The number of ketones is 1. The average molecular weight is 367 g/mol. The van der Waals surface area contributed by atoms with Crippen molar-refractivity contribution >= 4 is 23.3 Å². The highest BCUT2D eigenvalue weighted by Crippen LogP contribution is 2.15. The Labute approximate surface area is 157 Å². The molecule has 0 atom stereocenters. The third-order valence-corrected chi connectivity index (χ3v) is 4.51. The number of carbonyl (C=O) groups is 2. The second kappa shape index (κ2) is 8.02. The maximum absolute atomic E-state index is 12.5. The van der Waals surface area contributed by atoms with E-state index in [1.54, 1.807) is 29.0 Å². The first-order valence-corrected chi connectivity index (χ1v) is 8.69. The Morgan fingerprint density at radius 3 is 2.46 bits per heavy atom. The number of nitrogens with zero attached hydrogens (tertiary/aromatic N) is 1. The summed E-state index contributed by atoms with van der Waals surface area (Å²) in [7, 11) is 0. The van der Waals surface area contributed by atoms with Crippen molar-refractivity contribution in [2.75, 3.05) is 0 Å². The van der Waals surface area contributed by atoms with Crippen LogP contribution in [0.1, 0.15) is 27.2 Å². The number of hydrogen-bond acceptors (Lipinski definition) is 2. The molecule has 5 heteroatoms. The van der Waals surface area contributed by atoms with Gasteiger partial charge in [0.15, 0.2) is 0 Å². The molecule has 1 aromatic heterocycles. The number of nitrogens with one attached hydrogen (secondary N) is 1. The predicted molar refractivity (Wildman–Crippen MR) is 102 cm³/mol. The number of hydrogen-bond donors (Lipinski definition) is 1. The van der Waals surface area contributed by atoms with Crippen molar-refractivity contribution in [2.24, 2.45) is 0 Å². The van der Waals surface area contributed by atoms with Gasteiger partial charge < -0.3 is 9.88 Å². The molecule has 0 saturated carbocycles. The normalized spacial score (nSPS) is 10.5. The quantitative estimate of drug-likeness (QED) is 0.529. The molecule has 0 spiro atoms. The van der Waals surface area contributed by atoms with Gasteiger partial charge in [0.05, 0.1) is 5.69 Å². The van der Waals surface area contributed by atoms with E-state index < -0.39 is 11.7 Å². The number of rotatable bonds is 6. The van der Waals surface area contributed by atoms with Crippen LogP contribution in [0.3, 0.4) is 0 Å². The minimum atomic E-state index is -0.645. The summed E-state index contributed by atoms with van der Waals surface area (Å²) in [6.07, 6.45) is 1.80. The Balaban J connectivity index is 1.68. The summed E-state index contributed by atoms with van der Waals surface area (Å²) >= 11 is 6.07. The molecule has 132 valence electrons. The van der Waals surface area contributed by atoms with Crippen molar-refractivity contribution in [1.82, 2.24) is 9.88 Å². The SMILES string of the molecule is Cc1ccc(Cn2cccc2C(=O)C(=O)NCc2ccccc2Cl)cc1. The van der Waals surface area contributed by atoms with Gasteiger partial charge in [0.2, 0.25) is 0 Å². The molecule has 2 aromatic carbocycles. The predicted octanol–water partition coefficient (Wildman–Crippen LogP) is 4.00. The van der Waals surface area contributed by atoms with Crippen LogP contribution in [0, 0.1) is 6.92 Å². The molecule has 1 N–H and O–H groups in total. The summed E-state index contributed by atoms with van der Waals surface area (Å²) in [4.78, 5) is 24.8. The van der Waals surface area contributed by atoms with Gasteiger partial charge in [-0.25, -0.2) is 0 Å². The highest BCUT2D eigenvalue weighted by atomic mass is 35.5. The molecule has 3 aromatic rings. The largest absolute Gasteiger partial charge is 0.345 e. The first-order valence-electron chi connectivity index (χ1n) is 8.31. The Bertz CT molecular complexity index is 929. The molecule has 0 aliphatic carbocycles. The standard InChI is InChI=1S/C21H19ClN2O2/c1-15-8-10-16(11-9-15)14-24-12-4-7-19(24)20(25)21(26)23-13-17-5-2-3-6-18(17)22/h2-12H,13-14H2,1H3,(H,23,26). The number of Topliss-reactive ketones (excluding diaryl/α,β-unsaturated/α-hetero) is 1. The molecule has 4 nitrogen and oxygen atoms in total. The molecule has 0 radical (unpaired) electrons. The molecule has 1 amide bonds. The van der Waals surface area contributed by atoms with E-state index in [1.165, 1.54) is 5.56 Å². The van der Waals surface area contributed by atoms with E-state index >= 15 is 0 Å². The lowest BCUT2D eigenvalue weighted by Gasteiger charge is -2.10. The summed E-state index contributed by atoms with van der Waals surface area (Å²) in [5, 5.41) is 3.20. The maximum Gasteiger partial charge on any atom is 0.294 e. The third kappa shape index (κ3) is 4.21. The summed E-state index contributed by atoms with van der Waals surface area (Å²) in [5.41, 5.74) is 3.38. The average Bonchev–Trinajstić information content (AvgIpc) is 3.10. The van der Waals surface area contributed by atoms with E-state index in [4.69, 9.17) is 11.6 Å². The zero-order valence-electron chi connectivity index (χ0n) is 14.4. The number of amides is 1. The number of halogens is 1. The van der Waals surface area contributed by atoms with Crippen molar-refractivity contribution in [3.8, 4) is 0 Å². The van der Waals surface area contributed by atoms with Gasteiger partial charge in [-0.2, -0.15) is 0 Å². The van der Waals surface area contributed by atoms with Crippen LogP contribution in [-0.4, -0.2) is 16.3 Å². The summed E-state index contributed by atoms with van der Waals surface area (Å²) < 4.78 is 1.78. The van der Waals surface area contributed by atoms with Gasteiger partial charge in [0, 0.05) is 24.3 Å². The van der Waals surface area contributed by atoms with Crippen molar-refractivity contribution in [3.05, 3.63) is 94.3 Å². The maximum atomic E-state index is 12.5. The van der Waals surface area contributed by atoms with Gasteiger partial charge in [-0.1, -0.05) is 59.6 Å². The minimum absolute atomic E-state index is 0.211. The second-order valence-corrected chi connectivity index (χ2v) is 6.52. The van der Waals surface area contributed by atoms with Crippen LogP contribution in [0.5, 0.6) is 0 Å². The molecule has 0 aliphatic rings. The lowest BCUT2D eigenvalue weighted by atomic mass is 10.1. The molecule has 0 fully saturated rings. The van der Waals surface area contributed by atoms with Crippen LogP contribution in [0.25, 0.3) is 0 Å². The highest BCUT2D eigenvalue weighted by Gasteiger charge is 2.19. The Morgan fingerprint density at radius 2 is 1.73 bits per heavy atom. The molecule has 0 saturated heterocycles. The minimum Gasteiger partial charge on any atom is -0.345 e. The summed E-state index contributed by atoms with van der Waals surface area (Å²) in [6, 6.07) is 18.7. The molecule has 3 rings (SSSR count). The van der Waals surface area contributed by atoms with Gasteiger partial charge in [-0.05, 0) is 36.2 Å². The van der Waals surface area contributed by atoms with Gasteiger partial charge in [0.1, 0.15) is 0 Å². The fourth-order valence-corrected chi connectivity index (χ4v) is 2.86. The fraction of sp³-hybridized carbons (Fsp3) is 0.143. The highest BCUT2D eigenvalue weighted by molar-refractivity contribution is 6.42. The number of aryl methyl sites for hydroxylation is 1. The lowest BCUT2D eigenvalue weighted by molar-refractivity contribution is -0.117. The second-order valence-electron chi connectivity index (χ2n) is 6.11. The first-order chi connectivity index (χ1) is 12.5. The first kappa shape index (κ1) is 18.0. The Morgan fingerprint density at radius 1 is 1.00 bits per heavy atom. The zero-order chi connectivity index (χ0) is 18.5. The van der Waals surface area contributed by atoms with Crippen LogP contribution >= 0.6 is 11.6 Å². The molecular formula is C21H19ClN2O2. The van der Waals surface area contributed by atoms with Gasteiger partial charge in [0.25, 0.3) is 11.7 Å². The van der Waals surface area contributed by atoms with Gasteiger partial charge in [-0.3, -0.25) is 9.59 Å². The van der Waals surface area contributed by atoms with Crippen LogP contribution in [0.2, 0.25) is 5.02 Å². The fourth-order valence-electron chi connectivity index (χ4n) is 2.66. The molecule has 1 heterocycles. The van der Waals surface area contributed by atoms with Crippen LogP contribution < -0.4 is 5.32 Å².